The molecular weight excluding hydrogens is 242 g/mol. The zero-order chi connectivity index (χ0) is 13.5. The number of aliphatic hydroxyl groups excluding tert-OH is 1. The molecule has 4 nitrogen and oxygen atoms in total. The van der Waals surface area contributed by atoms with Crippen molar-refractivity contribution in [2.24, 2.45) is 0 Å². The Bertz CT molecular complexity index is 374. The van der Waals surface area contributed by atoms with E-state index in [-0.39, 0.29) is 24.8 Å². The van der Waals surface area contributed by atoms with Crippen LogP contribution in [0.2, 0.25) is 0 Å². The zero-order valence-electron chi connectivity index (χ0n) is 10.4. The molecular formula is C12H18F2N2O2. The van der Waals surface area contributed by atoms with Crippen LogP contribution in [0.4, 0.5) is 8.78 Å². The second kappa shape index (κ2) is 7.10. The molecule has 18 heavy (non-hydrogen) atoms. The highest BCUT2D eigenvalue weighted by molar-refractivity contribution is 5.92. The van der Waals surface area contributed by atoms with Crippen molar-refractivity contribution in [3.8, 4) is 0 Å². The highest BCUT2D eigenvalue weighted by Gasteiger charge is 2.19. The van der Waals surface area contributed by atoms with Crippen LogP contribution in [0.5, 0.6) is 0 Å². The highest BCUT2D eigenvalue weighted by Crippen LogP contribution is 2.10. The molecule has 1 aromatic heterocycles. The molecule has 1 heterocycles. The standard InChI is InChI=1S/C12H18F2N2O2/c1-2-5-15(7-8-17)12(18)10-4-3-6-16(10)9-11(13)14/h3-4,6,11,17H,2,5,7-9H2,1H3. The Labute approximate surface area is 105 Å². The van der Waals surface area contributed by atoms with E-state index >= 15 is 0 Å². The minimum atomic E-state index is -2.50. The molecule has 0 bridgehead atoms. The van der Waals surface area contributed by atoms with Gasteiger partial charge in [-0.3, -0.25) is 4.79 Å². The van der Waals surface area contributed by atoms with Crippen LogP contribution in [-0.2, 0) is 6.54 Å². The van der Waals surface area contributed by atoms with E-state index in [2.05, 4.69) is 0 Å². The van der Waals surface area contributed by atoms with Gasteiger partial charge in [-0.15, -0.1) is 0 Å². The van der Waals surface area contributed by atoms with Gasteiger partial charge in [0.2, 0.25) is 0 Å². The van der Waals surface area contributed by atoms with Gasteiger partial charge in [-0.05, 0) is 18.6 Å². The Morgan fingerprint density at radius 3 is 2.78 bits per heavy atom. The number of aliphatic hydroxyl groups is 1. The number of rotatable bonds is 7. The topological polar surface area (TPSA) is 45.5 Å². The van der Waals surface area contributed by atoms with Gasteiger partial charge in [0.05, 0.1) is 13.2 Å². The molecule has 1 N–H and O–H groups in total. The summed E-state index contributed by atoms with van der Waals surface area (Å²) in [4.78, 5) is 13.6. The number of aromatic nitrogens is 1. The van der Waals surface area contributed by atoms with Gasteiger partial charge in [-0.2, -0.15) is 0 Å². The van der Waals surface area contributed by atoms with Crippen molar-refractivity contribution in [1.82, 2.24) is 9.47 Å². The third-order valence-corrected chi connectivity index (χ3v) is 2.53. The van der Waals surface area contributed by atoms with Crippen molar-refractivity contribution < 1.29 is 18.7 Å². The number of carbonyl (C=O) groups excluding carboxylic acids is 1. The molecule has 0 aliphatic rings. The highest BCUT2D eigenvalue weighted by atomic mass is 19.3. The maximum absolute atomic E-state index is 12.4. The number of hydrogen-bond acceptors (Lipinski definition) is 2. The van der Waals surface area contributed by atoms with E-state index in [0.29, 0.717) is 6.54 Å². The van der Waals surface area contributed by atoms with Crippen molar-refractivity contribution in [2.75, 3.05) is 19.7 Å². The molecule has 1 rings (SSSR count). The predicted molar refractivity (Wildman–Crippen MR) is 63.7 cm³/mol. The molecule has 0 fully saturated rings. The van der Waals surface area contributed by atoms with E-state index < -0.39 is 13.0 Å². The Morgan fingerprint density at radius 2 is 2.22 bits per heavy atom. The average molecular weight is 260 g/mol. The molecule has 0 unspecified atom stereocenters. The number of alkyl halides is 2. The quantitative estimate of drug-likeness (QED) is 0.809. The normalized spacial score (nSPS) is 10.9. The second-order valence-electron chi connectivity index (χ2n) is 3.95. The minimum Gasteiger partial charge on any atom is -0.395 e. The molecule has 0 aliphatic carbocycles. The van der Waals surface area contributed by atoms with Crippen molar-refractivity contribution >= 4 is 5.91 Å². The van der Waals surface area contributed by atoms with Crippen LogP contribution in [0.1, 0.15) is 23.8 Å². The monoisotopic (exact) mass is 260 g/mol. The lowest BCUT2D eigenvalue weighted by molar-refractivity contribution is 0.0702. The molecule has 6 heteroatoms. The van der Waals surface area contributed by atoms with Crippen LogP contribution in [0.15, 0.2) is 18.3 Å². The van der Waals surface area contributed by atoms with E-state index in [1.54, 1.807) is 6.07 Å². The fourth-order valence-corrected chi connectivity index (χ4v) is 1.78. The number of hydrogen-bond donors (Lipinski definition) is 1. The Morgan fingerprint density at radius 1 is 1.50 bits per heavy atom. The molecule has 0 spiro atoms. The zero-order valence-corrected chi connectivity index (χ0v) is 10.4. The van der Waals surface area contributed by atoms with E-state index in [9.17, 15) is 13.6 Å². The first-order valence-electron chi connectivity index (χ1n) is 5.93. The molecule has 0 aliphatic heterocycles. The van der Waals surface area contributed by atoms with Crippen LogP contribution < -0.4 is 0 Å². The second-order valence-corrected chi connectivity index (χ2v) is 3.95. The van der Waals surface area contributed by atoms with Crippen molar-refractivity contribution in [2.45, 2.75) is 26.3 Å². The SMILES string of the molecule is CCCN(CCO)C(=O)c1cccn1CC(F)F. The summed E-state index contributed by atoms with van der Waals surface area (Å²) in [5, 5.41) is 8.90. The summed E-state index contributed by atoms with van der Waals surface area (Å²) in [5.41, 5.74) is 0.234. The summed E-state index contributed by atoms with van der Waals surface area (Å²) in [6, 6.07) is 3.09. The maximum Gasteiger partial charge on any atom is 0.270 e. The molecule has 0 radical (unpaired) electrons. The average Bonchev–Trinajstić information content (AvgIpc) is 2.75. The Kier molecular flexibility index (Phi) is 5.77. The van der Waals surface area contributed by atoms with E-state index in [1.807, 2.05) is 6.92 Å². The van der Waals surface area contributed by atoms with Gasteiger partial charge in [0.25, 0.3) is 12.3 Å². The number of amides is 1. The molecule has 0 saturated carbocycles. The van der Waals surface area contributed by atoms with Gasteiger partial charge in [-0.1, -0.05) is 6.92 Å². The van der Waals surface area contributed by atoms with Gasteiger partial charge >= 0.3 is 0 Å². The van der Waals surface area contributed by atoms with E-state index in [0.717, 1.165) is 6.42 Å². The largest absolute Gasteiger partial charge is 0.395 e. The predicted octanol–water partition coefficient (Wildman–Crippen LogP) is 1.60. The van der Waals surface area contributed by atoms with Crippen LogP contribution >= 0.6 is 0 Å². The van der Waals surface area contributed by atoms with Crippen molar-refractivity contribution in [3.05, 3.63) is 24.0 Å². The van der Waals surface area contributed by atoms with Crippen LogP contribution in [0.25, 0.3) is 0 Å². The van der Waals surface area contributed by atoms with E-state index in [1.165, 1.54) is 21.7 Å². The number of halogens is 2. The van der Waals surface area contributed by atoms with Gasteiger partial charge in [0.1, 0.15) is 5.69 Å². The first kappa shape index (κ1) is 14.6. The summed E-state index contributed by atoms with van der Waals surface area (Å²) in [5.74, 6) is -0.323. The lowest BCUT2D eigenvalue weighted by Crippen LogP contribution is -2.35. The Balaban J connectivity index is 2.83. The van der Waals surface area contributed by atoms with Gasteiger partial charge in [0, 0.05) is 19.3 Å². The third-order valence-electron chi connectivity index (χ3n) is 2.53. The van der Waals surface area contributed by atoms with Gasteiger partial charge in [-0.25, -0.2) is 8.78 Å². The molecule has 0 aromatic carbocycles. The van der Waals surface area contributed by atoms with Crippen LogP contribution in [0, 0.1) is 0 Å². The lowest BCUT2D eigenvalue weighted by atomic mass is 10.3. The first-order chi connectivity index (χ1) is 8.60. The Hall–Kier alpha value is -1.43. The third kappa shape index (κ3) is 3.80. The summed E-state index contributed by atoms with van der Waals surface area (Å²) in [7, 11) is 0. The van der Waals surface area contributed by atoms with Crippen molar-refractivity contribution in [1.29, 1.82) is 0 Å². The van der Waals surface area contributed by atoms with Crippen molar-refractivity contribution in [3.63, 3.8) is 0 Å². The first-order valence-corrected chi connectivity index (χ1v) is 5.93. The molecule has 0 atom stereocenters. The minimum absolute atomic E-state index is 0.138. The molecule has 1 aromatic rings. The smallest absolute Gasteiger partial charge is 0.270 e. The molecule has 102 valence electrons. The molecule has 1 amide bonds. The molecule has 0 saturated heterocycles. The summed E-state index contributed by atoms with van der Waals surface area (Å²) < 4.78 is 25.9. The van der Waals surface area contributed by atoms with E-state index in [4.69, 9.17) is 5.11 Å². The fraction of sp³-hybridized carbons (Fsp3) is 0.583. The summed E-state index contributed by atoms with van der Waals surface area (Å²) in [6.45, 7) is 2.00. The summed E-state index contributed by atoms with van der Waals surface area (Å²) in [6.07, 6.45) is -0.287. The van der Waals surface area contributed by atoms with Gasteiger partial charge < -0.3 is 14.6 Å². The number of nitrogens with zero attached hydrogens (tertiary/aromatic N) is 2. The fourth-order valence-electron chi connectivity index (χ4n) is 1.78. The lowest BCUT2D eigenvalue weighted by Gasteiger charge is -2.21. The van der Waals surface area contributed by atoms with Gasteiger partial charge in [0.15, 0.2) is 0 Å². The number of carbonyl (C=O) groups is 1. The van der Waals surface area contributed by atoms with Crippen LogP contribution in [-0.4, -0.2) is 46.6 Å². The van der Waals surface area contributed by atoms with Crippen LogP contribution in [0.3, 0.4) is 0 Å². The summed E-state index contributed by atoms with van der Waals surface area (Å²) >= 11 is 0. The maximum atomic E-state index is 12.4.